The Morgan fingerprint density at radius 3 is 2.52 bits per heavy atom. The fourth-order valence-electron chi connectivity index (χ4n) is 3.18. The van der Waals surface area contributed by atoms with Gasteiger partial charge in [0.25, 0.3) is 5.91 Å². The summed E-state index contributed by atoms with van der Waals surface area (Å²) < 4.78 is 0. The van der Waals surface area contributed by atoms with E-state index >= 15 is 0 Å². The van der Waals surface area contributed by atoms with Crippen molar-refractivity contribution in [2.75, 3.05) is 10.6 Å². The lowest BCUT2D eigenvalue weighted by molar-refractivity contribution is -0.117. The monoisotopic (exact) mass is 429 g/mol. The molecule has 3 N–H and O–H groups in total. The van der Waals surface area contributed by atoms with Crippen LogP contribution >= 0.6 is 11.3 Å². The first kappa shape index (κ1) is 19.2. The molecule has 1 saturated carbocycles. The number of nitrogens with one attached hydrogen (secondary N) is 3. The van der Waals surface area contributed by atoms with Crippen LogP contribution in [-0.4, -0.2) is 27.0 Å². The third-order valence-corrected chi connectivity index (χ3v) is 5.97. The summed E-state index contributed by atoms with van der Waals surface area (Å²) >= 11 is 1.26. The van der Waals surface area contributed by atoms with Crippen molar-refractivity contribution in [3.8, 4) is 22.8 Å². The Morgan fingerprint density at radius 2 is 1.71 bits per heavy atom. The van der Waals surface area contributed by atoms with Crippen molar-refractivity contribution in [2.24, 2.45) is 5.92 Å². The zero-order valence-electron chi connectivity index (χ0n) is 16.5. The number of hydrogen-bond acceptors (Lipinski definition) is 5. The molecule has 0 unspecified atom stereocenters. The summed E-state index contributed by atoms with van der Waals surface area (Å²) in [7, 11) is 0. The first-order valence-corrected chi connectivity index (χ1v) is 10.8. The zero-order chi connectivity index (χ0) is 21.2. The summed E-state index contributed by atoms with van der Waals surface area (Å²) in [5.74, 6) is 1.06. The average molecular weight is 430 g/mol. The van der Waals surface area contributed by atoms with Crippen LogP contribution in [0, 0.1) is 5.92 Å². The number of hydrogen-bond donors (Lipinski definition) is 3. The van der Waals surface area contributed by atoms with Gasteiger partial charge in [0, 0.05) is 17.0 Å². The van der Waals surface area contributed by atoms with Gasteiger partial charge < -0.3 is 10.6 Å². The van der Waals surface area contributed by atoms with Crippen LogP contribution in [0.3, 0.4) is 0 Å². The van der Waals surface area contributed by atoms with Gasteiger partial charge in [-0.3, -0.25) is 14.7 Å². The molecule has 8 heteroatoms. The van der Waals surface area contributed by atoms with Gasteiger partial charge >= 0.3 is 0 Å². The molecule has 0 spiro atoms. The highest BCUT2D eigenvalue weighted by Crippen LogP contribution is 2.32. The molecule has 1 aliphatic rings. The molecular formula is C23H19N5O2S. The van der Waals surface area contributed by atoms with Crippen LogP contribution in [0.15, 0.2) is 66.7 Å². The summed E-state index contributed by atoms with van der Waals surface area (Å²) in [5.41, 5.74) is 2.27. The first-order chi connectivity index (χ1) is 15.2. The molecule has 0 saturated heterocycles. The molecule has 2 heterocycles. The van der Waals surface area contributed by atoms with E-state index in [1.54, 1.807) is 12.1 Å². The van der Waals surface area contributed by atoms with E-state index in [1.165, 1.54) is 11.3 Å². The van der Waals surface area contributed by atoms with E-state index in [4.69, 9.17) is 0 Å². The molecule has 0 bridgehead atoms. The van der Waals surface area contributed by atoms with Crippen molar-refractivity contribution in [3.05, 3.63) is 71.6 Å². The van der Waals surface area contributed by atoms with Crippen molar-refractivity contribution >= 4 is 33.8 Å². The average Bonchev–Trinajstić information content (AvgIpc) is 3.35. The topological polar surface area (TPSA) is 99.8 Å². The van der Waals surface area contributed by atoms with Gasteiger partial charge in [-0.1, -0.05) is 42.5 Å². The minimum atomic E-state index is -0.243. The third kappa shape index (κ3) is 4.24. The van der Waals surface area contributed by atoms with Crippen LogP contribution in [0.4, 0.5) is 10.7 Å². The number of benzene rings is 2. The van der Waals surface area contributed by atoms with E-state index in [0.29, 0.717) is 27.2 Å². The maximum absolute atomic E-state index is 12.8. The van der Waals surface area contributed by atoms with Crippen LogP contribution in [0.1, 0.15) is 22.5 Å². The van der Waals surface area contributed by atoms with Crippen molar-refractivity contribution in [1.82, 2.24) is 15.2 Å². The normalized spacial score (nSPS) is 13.0. The predicted octanol–water partition coefficient (Wildman–Crippen LogP) is 4.80. The predicted molar refractivity (Wildman–Crippen MR) is 121 cm³/mol. The molecule has 154 valence electrons. The van der Waals surface area contributed by atoms with Crippen LogP contribution in [0.25, 0.3) is 22.8 Å². The number of aromatic nitrogens is 3. The second-order valence-corrected chi connectivity index (χ2v) is 8.38. The molecule has 1 aliphatic carbocycles. The van der Waals surface area contributed by atoms with Gasteiger partial charge in [-0.2, -0.15) is 5.10 Å². The fraction of sp³-hybridized carbons (Fsp3) is 0.130. The number of amides is 2. The number of H-pyrrole nitrogens is 1. The van der Waals surface area contributed by atoms with Gasteiger partial charge in [0.05, 0.1) is 15.6 Å². The Bertz CT molecular complexity index is 1240. The van der Waals surface area contributed by atoms with Crippen LogP contribution in [0.5, 0.6) is 0 Å². The molecule has 0 atom stereocenters. The molecule has 2 aromatic heterocycles. The van der Waals surface area contributed by atoms with Gasteiger partial charge in [-0.05, 0) is 37.1 Å². The summed E-state index contributed by atoms with van der Waals surface area (Å²) in [6, 6.07) is 20.6. The van der Waals surface area contributed by atoms with Crippen molar-refractivity contribution in [3.63, 3.8) is 0 Å². The zero-order valence-corrected chi connectivity index (χ0v) is 17.3. The second kappa shape index (κ2) is 8.16. The van der Waals surface area contributed by atoms with Crippen LogP contribution in [-0.2, 0) is 4.79 Å². The third-order valence-electron chi connectivity index (χ3n) is 4.97. The van der Waals surface area contributed by atoms with Gasteiger partial charge in [0.2, 0.25) is 5.91 Å². The summed E-state index contributed by atoms with van der Waals surface area (Å²) in [6.07, 6.45) is 1.88. The Hall–Kier alpha value is -3.78. The lowest BCUT2D eigenvalue weighted by Crippen LogP contribution is -2.12. The highest BCUT2D eigenvalue weighted by molar-refractivity contribution is 7.18. The highest BCUT2D eigenvalue weighted by Gasteiger charge is 2.30. The smallest absolute Gasteiger partial charge is 0.265 e. The Kier molecular flexibility index (Phi) is 5.05. The number of para-hydroxylation sites is 1. The second-order valence-electron chi connectivity index (χ2n) is 7.30. The quantitative estimate of drug-likeness (QED) is 0.410. The number of carbonyl (C=O) groups excluding carboxylic acids is 2. The Morgan fingerprint density at radius 1 is 0.935 bits per heavy atom. The summed E-state index contributed by atoms with van der Waals surface area (Å²) in [4.78, 5) is 29.8. The summed E-state index contributed by atoms with van der Waals surface area (Å²) in [6.45, 7) is 0. The minimum absolute atomic E-state index is 0.0266. The first-order valence-electron chi connectivity index (χ1n) is 9.96. The highest BCUT2D eigenvalue weighted by atomic mass is 32.1. The van der Waals surface area contributed by atoms with Crippen LogP contribution < -0.4 is 10.6 Å². The molecule has 7 nitrogen and oxygen atoms in total. The number of rotatable bonds is 6. The Labute approximate surface area is 182 Å². The molecule has 2 amide bonds. The molecule has 2 aromatic carbocycles. The van der Waals surface area contributed by atoms with Gasteiger partial charge in [0.1, 0.15) is 0 Å². The number of anilines is 2. The summed E-state index contributed by atoms with van der Waals surface area (Å²) in [5, 5.41) is 13.8. The molecule has 31 heavy (non-hydrogen) atoms. The standard InChI is InChI=1S/C23H19N5O2S/c29-22(15-10-11-15)25-19-13-12-18(31-19)23(30)24-17-9-5-4-8-16(17)21-26-20(27-28-21)14-6-2-1-3-7-14/h1-9,12-13,15H,10-11H2,(H,24,30)(H,25,29)(H,26,27,28). The van der Waals surface area contributed by atoms with Gasteiger partial charge in [-0.25, -0.2) is 4.98 Å². The minimum Gasteiger partial charge on any atom is -0.321 e. The van der Waals surface area contributed by atoms with Gasteiger partial charge in [-0.15, -0.1) is 11.3 Å². The molecule has 1 fully saturated rings. The number of aromatic amines is 1. The molecule has 4 aromatic rings. The molecule has 5 rings (SSSR count). The number of carbonyl (C=O) groups is 2. The van der Waals surface area contributed by atoms with Gasteiger partial charge in [0.15, 0.2) is 11.6 Å². The van der Waals surface area contributed by atoms with Crippen molar-refractivity contribution < 1.29 is 9.59 Å². The number of thiophene rings is 1. The van der Waals surface area contributed by atoms with E-state index in [0.717, 1.165) is 24.0 Å². The fourth-order valence-corrected chi connectivity index (χ4v) is 3.98. The maximum Gasteiger partial charge on any atom is 0.265 e. The van der Waals surface area contributed by atoms with Crippen molar-refractivity contribution in [1.29, 1.82) is 0 Å². The molecule has 0 radical (unpaired) electrons. The molecular weight excluding hydrogens is 410 g/mol. The lowest BCUT2D eigenvalue weighted by Gasteiger charge is -2.08. The lowest BCUT2D eigenvalue weighted by atomic mass is 10.1. The van der Waals surface area contributed by atoms with Crippen LogP contribution in [0.2, 0.25) is 0 Å². The maximum atomic E-state index is 12.8. The Balaban J connectivity index is 1.34. The van der Waals surface area contributed by atoms with E-state index in [9.17, 15) is 9.59 Å². The molecule has 0 aliphatic heterocycles. The SMILES string of the molecule is O=C(Nc1ccccc1-c1nc(-c2ccccc2)n[nH]1)c1ccc(NC(=O)C2CC2)s1. The van der Waals surface area contributed by atoms with E-state index in [-0.39, 0.29) is 17.7 Å². The largest absolute Gasteiger partial charge is 0.321 e. The number of nitrogens with zero attached hydrogens (tertiary/aromatic N) is 2. The van der Waals surface area contributed by atoms with E-state index < -0.39 is 0 Å². The van der Waals surface area contributed by atoms with Crippen molar-refractivity contribution in [2.45, 2.75) is 12.8 Å². The van der Waals surface area contributed by atoms with E-state index in [1.807, 2.05) is 54.6 Å². The van der Waals surface area contributed by atoms with E-state index in [2.05, 4.69) is 25.8 Å².